The first-order valence-corrected chi connectivity index (χ1v) is 9.84. The van der Waals surface area contributed by atoms with Crippen molar-refractivity contribution in [3.63, 3.8) is 0 Å². The molecule has 2 heterocycles. The second kappa shape index (κ2) is 7.28. The van der Waals surface area contributed by atoms with E-state index in [4.69, 9.17) is 0 Å². The first-order chi connectivity index (χ1) is 13.4. The van der Waals surface area contributed by atoms with Crippen LogP contribution in [0, 0.1) is 0 Å². The first kappa shape index (κ1) is 18.5. The number of fused-ring (bicyclic) bond motifs is 1. The Kier molecular flexibility index (Phi) is 4.82. The van der Waals surface area contributed by atoms with E-state index in [2.05, 4.69) is 54.3 Å². The van der Waals surface area contributed by atoms with Gasteiger partial charge in [-0.3, -0.25) is 9.69 Å². The molecule has 0 bridgehead atoms. The van der Waals surface area contributed by atoms with Crippen LogP contribution in [0.2, 0.25) is 0 Å². The average Bonchev–Trinajstić information content (AvgIpc) is 3.11. The zero-order valence-electron chi connectivity index (χ0n) is 16.8. The standard InChI is InChI=1S/C24H27N3O/c1-24(2,3)27-13-11-17(12-14-27)21-16-25-22-10-9-19(15-20(21)22)26-23(28)18-7-5-4-6-8-18/h4-11,15-16,25H,12-14H2,1-3H3,(H,26,28). The molecule has 3 aromatic rings. The molecule has 0 atom stereocenters. The smallest absolute Gasteiger partial charge is 0.255 e. The summed E-state index contributed by atoms with van der Waals surface area (Å²) >= 11 is 0. The highest BCUT2D eigenvalue weighted by Gasteiger charge is 2.24. The molecule has 0 radical (unpaired) electrons. The number of hydrogen-bond donors (Lipinski definition) is 2. The summed E-state index contributed by atoms with van der Waals surface area (Å²) in [7, 11) is 0. The molecule has 0 unspecified atom stereocenters. The molecule has 4 heteroatoms. The average molecular weight is 374 g/mol. The second-order valence-corrected chi connectivity index (χ2v) is 8.38. The number of H-pyrrole nitrogens is 1. The second-order valence-electron chi connectivity index (χ2n) is 8.38. The van der Waals surface area contributed by atoms with Crippen LogP contribution in [0.5, 0.6) is 0 Å². The molecule has 0 saturated carbocycles. The number of benzene rings is 2. The first-order valence-electron chi connectivity index (χ1n) is 9.84. The lowest BCUT2D eigenvalue weighted by molar-refractivity contribution is 0.102. The minimum Gasteiger partial charge on any atom is -0.361 e. The van der Waals surface area contributed by atoms with Crippen LogP contribution in [0.15, 0.2) is 60.8 Å². The van der Waals surface area contributed by atoms with E-state index in [1.165, 1.54) is 11.1 Å². The maximum atomic E-state index is 12.5. The van der Waals surface area contributed by atoms with Gasteiger partial charge in [0.25, 0.3) is 5.91 Å². The summed E-state index contributed by atoms with van der Waals surface area (Å²) in [6.07, 6.45) is 5.46. The summed E-state index contributed by atoms with van der Waals surface area (Å²) in [5, 5.41) is 4.17. The van der Waals surface area contributed by atoms with Crippen LogP contribution in [0.1, 0.15) is 43.1 Å². The van der Waals surface area contributed by atoms with Gasteiger partial charge in [0.15, 0.2) is 0 Å². The predicted octanol–water partition coefficient (Wildman–Crippen LogP) is 5.31. The Morgan fingerprint density at radius 3 is 2.57 bits per heavy atom. The number of aromatic amines is 1. The fourth-order valence-corrected chi connectivity index (χ4v) is 3.78. The Labute approximate surface area is 166 Å². The zero-order chi connectivity index (χ0) is 19.7. The monoisotopic (exact) mass is 373 g/mol. The van der Waals surface area contributed by atoms with Crippen molar-refractivity contribution in [2.75, 3.05) is 18.4 Å². The quantitative estimate of drug-likeness (QED) is 0.654. The van der Waals surface area contributed by atoms with Gasteiger partial charge in [0.05, 0.1) is 0 Å². The van der Waals surface area contributed by atoms with Gasteiger partial charge >= 0.3 is 0 Å². The molecule has 1 aromatic heterocycles. The van der Waals surface area contributed by atoms with Crippen LogP contribution in [-0.4, -0.2) is 34.4 Å². The van der Waals surface area contributed by atoms with Gasteiger partial charge in [-0.15, -0.1) is 0 Å². The number of rotatable bonds is 3. The van der Waals surface area contributed by atoms with E-state index in [1.54, 1.807) is 0 Å². The Bertz CT molecular complexity index is 1020. The van der Waals surface area contributed by atoms with Crippen LogP contribution >= 0.6 is 0 Å². The van der Waals surface area contributed by atoms with Crippen molar-refractivity contribution >= 4 is 28.1 Å². The lowest BCUT2D eigenvalue weighted by Gasteiger charge is -2.37. The molecule has 1 amide bonds. The topological polar surface area (TPSA) is 48.1 Å². The molecule has 144 valence electrons. The van der Waals surface area contributed by atoms with E-state index >= 15 is 0 Å². The van der Waals surface area contributed by atoms with Crippen LogP contribution in [0.3, 0.4) is 0 Å². The lowest BCUT2D eigenvalue weighted by atomic mass is 9.95. The van der Waals surface area contributed by atoms with Crippen LogP contribution in [0.25, 0.3) is 16.5 Å². The molecule has 1 aliphatic heterocycles. The number of aromatic nitrogens is 1. The van der Waals surface area contributed by atoms with Gasteiger partial charge in [-0.25, -0.2) is 0 Å². The Balaban J connectivity index is 1.59. The molecule has 0 saturated heterocycles. The number of carbonyl (C=O) groups excluding carboxylic acids is 1. The maximum absolute atomic E-state index is 12.5. The van der Waals surface area contributed by atoms with Crippen LogP contribution in [-0.2, 0) is 0 Å². The van der Waals surface area contributed by atoms with E-state index in [0.29, 0.717) is 5.56 Å². The maximum Gasteiger partial charge on any atom is 0.255 e. The molecule has 4 nitrogen and oxygen atoms in total. The summed E-state index contributed by atoms with van der Waals surface area (Å²) in [5.74, 6) is -0.0882. The van der Waals surface area contributed by atoms with Gasteiger partial charge in [-0.1, -0.05) is 24.3 Å². The number of nitrogens with one attached hydrogen (secondary N) is 2. The van der Waals surface area contributed by atoms with Crippen molar-refractivity contribution in [1.29, 1.82) is 0 Å². The Morgan fingerprint density at radius 2 is 1.89 bits per heavy atom. The van der Waals surface area contributed by atoms with Gasteiger partial charge in [0, 0.05) is 52.5 Å². The molecule has 1 aliphatic rings. The summed E-state index contributed by atoms with van der Waals surface area (Å²) in [5.41, 5.74) is 5.37. The molecule has 0 aliphatic carbocycles. The van der Waals surface area contributed by atoms with Gasteiger partial charge in [-0.2, -0.15) is 0 Å². The molecule has 0 spiro atoms. The van der Waals surface area contributed by atoms with Gasteiger partial charge in [0.2, 0.25) is 0 Å². The number of hydrogen-bond acceptors (Lipinski definition) is 2. The van der Waals surface area contributed by atoms with Gasteiger partial charge in [-0.05, 0) is 63.1 Å². The number of carbonyl (C=O) groups is 1. The van der Waals surface area contributed by atoms with Crippen molar-refractivity contribution in [3.05, 3.63) is 71.9 Å². The van der Waals surface area contributed by atoms with Crippen molar-refractivity contribution in [3.8, 4) is 0 Å². The summed E-state index contributed by atoms with van der Waals surface area (Å²) in [4.78, 5) is 18.3. The fourth-order valence-electron chi connectivity index (χ4n) is 3.78. The van der Waals surface area contributed by atoms with Crippen molar-refractivity contribution in [1.82, 2.24) is 9.88 Å². The van der Waals surface area contributed by atoms with Crippen LogP contribution in [0.4, 0.5) is 5.69 Å². The van der Waals surface area contributed by atoms with Gasteiger partial charge in [0.1, 0.15) is 0 Å². The van der Waals surface area contributed by atoms with Gasteiger partial charge < -0.3 is 10.3 Å². The molecule has 2 N–H and O–H groups in total. The molecular weight excluding hydrogens is 346 g/mol. The number of anilines is 1. The van der Waals surface area contributed by atoms with E-state index in [1.807, 2.05) is 42.5 Å². The molecule has 28 heavy (non-hydrogen) atoms. The normalized spacial score (nSPS) is 15.5. The predicted molar refractivity (Wildman–Crippen MR) is 117 cm³/mol. The van der Waals surface area contributed by atoms with E-state index in [-0.39, 0.29) is 11.4 Å². The number of nitrogens with zero attached hydrogens (tertiary/aromatic N) is 1. The van der Waals surface area contributed by atoms with Crippen LogP contribution < -0.4 is 5.32 Å². The SMILES string of the molecule is CC(C)(C)N1CC=C(c2c[nH]c3ccc(NC(=O)c4ccccc4)cc23)CC1. The highest BCUT2D eigenvalue weighted by atomic mass is 16.1. The summed E-state index contributed by atoms with van der Waals surface area (Å²) in [6.45, 7) is 8.82. The Hall–Kier alpha value is -2.85. The highest BCUT2D eigenvalue weighted by Crippen LogP contribution is 2.32. The largest absolute Gasteiger partial charge is 0.361 e. The molecule has 0 fully saturated rings. The highest BCUT2D eigenvalue weighted by molar-refractivity contribution is 6.05. The lowest BCUT2D eigenvalue weighted by Crippen LogP contribution is -2.43. The van der Waals surface area contributed by atoms with E-state index < -0.39 is 0 Å². The summed E-state index contributed by atoms with van der Waals surface area (Å²) in [6, 6.07) is 15.3. The molecular formula is C24H27N3O. The zero-order valence-corrected chi connectivity index (χ0v) is 16.8. The van der Waals surface area contributed by atoms with E-state index in [9.17, 15) is 4.79 Å². The minimum absolute atomic E-state index is 0.0882. The number of amides is 1. The molecule has 4 rings (SSSR count). The van der Waals surface area contributed by atoms with Crippen molar-refractivity contribution in [2.45, 2.75) is 32.7 Å². The molecule has 2 aromatic carbocycles. The third-order valence-corrected chi connectivity index (χ3v) is 5.48. The third kappa shape index (κ3) is 3.73. The fraction of sp³-hybridized carbons (Fsp3) is 0.292. The van der Waals surface area contributed by atoms with E-state index in [0.717, 1.165) is 36.1 Å². The minimum atomic E-state index is -0.0882. The van der Waals surface area contributed by atoms with Crippen molar-refractivity contribution in [2.24, 2.45) is 0 Å². The third-order valence-electron chi connectivity index (χ3n) is 5.48. The summed E-state index contributed by atoms with van der Waals surface area (Å²) < 4.78 is 0. The van der Waals surface area contributed by atoms with Crippen molar-refractivity contribution < 1.29 is 4.79 Å². The Morgan fingerprint density at radius 1 is 1.11 bits per heavy atom.